The maximum atomic E-state index is 5.65. The van der Waals surface area contributed by atoms with Crippen molar-refractivity contribution in [2.45, 2.75) is 17.4 Å². The van der Waals surface area contributed by atoms with Gasteiger partial charge in [-0.05, 0) is 35.9 Å². The van der Waals surface area contributed by atoms with Gasteiger partial charge in [0.15, 0.2) is 0 Å². The Bertz CT molecular complexity index is 547. The molecule has 104 valence electrons. The van der Waals surface area contributed by atoms with Gasteiger partial charge in [-0.2, -0.15) is 0 Å². The molecule has 2 aromatic rings. The number of thioether (sulfide) groups is 1. The smallest absolute Gasteiger partial charge is 0.137 e. The lowest BCUT2D eigenvalue weighted by Gasteiger charge is -2.26. The van der Waals surface area contributed by atoms with E-state index >= 15 is 0 Å². The fourth-order valence-corrected chi connectivity index (χ4v) is 3.51. The monoisotopic (exact) mass is 286 g/mol. The summed E-state index contributed by atoms with van der Waals surface area (Å²) in [5.74, 6) is 2.01. The Morgan fingerprint density at radius 1 is 1.25 bits per heavy atom. The molecule has 0 bridgehead atoms. The zero-order valence-electron chi connectivity index (χ0n) is 11.3. The number of pyridine rings is 1. The second-order valence-electron chi connectivity index (χ2n) is 4.72. The van der Waals surface area contributed by atoms with Crippen LogP contribution in [-0.4, -0.2) is 23.9 Å². The Hall–Kier alpha value is -1.52. The lowest BCUT2D eigenvalue weighted by Crippen LogP contribution is -2.28. The second-order valence-corrected chi connectivity index (χ2v) is 5.86. The lowest BCUT2D eigenvalue weighted by molar-refractivity contribution is 0.302. The molecule has 4 heteroatoms. The fraction of sp³-hybridized carbons (Fsp3) is 0.312. The highest BCUT2D eigenvalue weighted by molar-refractivity contribution is 7.99. The topological polar surface area (TPSA) is 34.1 Å². The fourth-order valence-electron chi connectivity index (χ4n) is 2.39. The molecule has 1 aromatic carbocycles. The normalized spacial score (nSPS) is 17.5. The minimum absolute atomic E-state index is 0.449. The van der Waals surface area contributed by atoms with E-state index in [0.717, 1.165) is 12.3 Å². The summed E-state index contributed by atoms with van der Waals surface area (Å²) in [6.07, 6.45) is 4.67. The molecule has 1 atom stereocenters. The van der Waals surface area contributed by atoms with Gasteiger partial charge in [0.05, 0.1) is 6.20 Å². The van der Waals surface area contributed by atoms with Gasteiger partial charge in [-0.25, -0.2) is 0 Å². The number of hydrogen-bond acceptors (Lipinski definition) is 4. The number of ether oxygens (including phenoxy) is 1. The molecule has 0 aliphatic carbocycles. The van der Waals surface area contributed by atoms with Gasteiger partial charge >= 0.3 is 0 Å². The highest BCUT2D eigenvalue weighted by atomic mass is 32.2. The summed E-state index contributed by atoms with van der Waals surface area (Å²) in [5.41, 5.74) is 1.42. The summed E-state index contributed by atoms with van der Waals surface area (Å²) >= 11 is 1.95. The van der Waals surface area contributed by atoms with E-state index in [9.17, 15) is 0 Å². The van der Waals surface area contributed by atoms with Crippen molar-refractivity contribution in [1.29, 1.82) is 0 Å². The maximum absolute atomic E-state index is 5.65. The van der Waals surface area contributed by atoms with E-state index < -0.39 is 0 Å². The number of rotatable bonds is 5. The number of benzene rings is 1. The predicted octanol–water partition coefficient (Wildman–Crippen LogP) is 3.29. The molecule has 1 aliphatic rings. The zero-order valence-corrected chi connectivity index (χ0v) is 12.1. The first kappa shape index (κ1) is 13.5. The van der Waals surface area contributed by atoms with Crippen LogP contribution in [0.15, 0.2) is 53.7 Å². The van der Waals surface area contributed by atoms with Crippen LogP contribution >= 0.6 is 11.8 Å². The first-order valence-electron chi connectivity index (χ1n) is 6.91. The van der Waals surface area contributed by atoms with Gasteiger partial charge in [0, 0.05) is 23.7 Å². The number of hydrogen-bond donors (Lipinski definition) is 1. The molecule has 0 amide bonds. The number of fused-ring (bicyclic) bond motifs is 1. The largest absolute Gasteiger partial charge is 0.491 e. The summed E-state index contributed by atoms with van der Waals surface area (Å²) < 4.78 is 5.65. The van der Waals surface area contributed by atoms with Crippen molar-refractivity contribution >= 4 is 11.8 Å². The Labute approximate surface area is 123 Å². The van der Waals surface area contributed by atoms with E-state index in [4.69, 9.17) is 4.74 Å². The molecule has 0 spiro atoms. The van der Waals surface area contributed by atoms with Gasteiger partial charge in [0.25, 0.3) is 0 Å². The number of aromatic nitrogens is 1. The van der Waals surface area contributed by atoms with Crippen LogP contribution < -0.4 is 10.1 Å². The highest BCUT2D eigenvalue weighted by Gasteiger charge is 2.19. The van der Waals surface area contributed by atoms with Crippen LogP contribution in [0.2, 0.25) is 0 Å². The van der Waals surface area contributed by atoms with E-state index in [1.807, 2.05) is 23.9 Å². The summed E-state index contributed by atoms with van der Waals surface area (Å²) in [7, 11) is 0. The van der Waals surface area contributed by atoms with Crippen LogP contribution in [0.3, 0.4) is 0 Å². The second kappa shape index (κ2) is 6.77. The third-order valence-corrected chi connectivity index (χ3v) is 4.48. The Balaban J connectivity index is 1.50. The summed E-state index contributed by atoms with van der Waals surface area (Å²) in [5, 5.41) is 3.59. The van der Waals surface area contributed by atoms with Crippen LogP contribution in [0.1, 0.15) is 18.0 Å². The minimum Gasteiger partial charge on any atom is -0.491 e. The van der Waals surface area contributed by atoms with Crippen molar-refractivity contribution in [2.75, 3.05) is 18.9 Å². The van der Waals surface area contributed by atoms with Crippen LogP contribution in [0, 0.1) is 0 Å². The molecule has 1 N–H and O–H groups in total. The summed E-state index contributed by atoms with van der Waals surface area (Å²) in [6.45, 7) is 1.51. The van der Waals surface area contributed by atoms with E-state index in [0.29, 0.717) is 12.6 Å². The molecule has 3 rings (SSSR count). The molecule has 0 saturated heterocycles. The standard InChI is InChI=1S/C16H18N2OS/c1-2-6-16-14(5-1)15(7-11-20-16)18-9-10-19-13-4-3-8-17-12-13/h1-6,8,12,15,18H,7,9-11H2/t15-/m1/s1. The molecule has 1 aromatic heterocycles. The molecule has 0 saturated carbocycles. The van der Waals surface area contributed by atoms with Crippen molar-refractivity contribution in [3.8, 4) is 5.75 Å². The molecular weight excluding hydrogens is 268 g/mol. The molecule has 0 fully saturated rings. The average molecular weight is 286 g/mol. The van der Waals surface area contributed by atoms with Crippen molar-refractivity contribution in [1.82, 2.24) is 10.3 Å². The van der Waals surface area contributed by atoms with Gasteiger partial charge in [-0.1, -0.05) is 18.2 Å². The maximum Gasteiger partial charge on any atom is 0.137 e. The van der Waals surface area contributed by atoms with E-state index in [1.54, 1.807) is 12.4 Å². The number of nitrogens with one attached hydrogen (secondary N) is 1. The quantitative estimate of drug-likeness (QED) is 0.855. The molecule has 2 heterocycles. The van der Waals surface area contributed by atoms with Crippen LogP contribution in [-0.2, 0) is 0 Å². The van der Waals surface area contributed by atoms with Crippen molar-refractivity contribution in [3.05, 3.63) is 54.4 Å². The van der Waals surface area contributed by atoms with Gasteiger partial charge < -0.3 is 10.1 Å². The molecule has 3 nitrogen and oxygen atoms in total. The van der Waals surface area contributed by atoms with E-state index in [-0.39, 0.29) is 0 Å². The SMILES string of the molecule is c1cncc(OCCN[C@@H]2CCSc3ccccc32)c1. The molecule has 20 heavy (non-hydrogen) atoms. The molecule has 0 unspecified atom stereocenters. The minimum atomic E-state index is 0.449. The Morgan fingerprint density at radius 2 is 2.20 bits per heavy atom. The van der Waals surface area contributed by atoms with Crippen molar-refractivity contribution < 1.29 is 4.74 Å². The van der Waals surface area contributed by atoms with E-state index in [1.165, 1.54) is 22.6 Å². The first-order chi connectivity index (χ1) is 9.93. The van der Waals surface area contributed by atoms with Gasteiger partial charge in [0.1, 0.15) is 12.4 Å². The average Bonchev–Trinajstić information content (AvgIpc) is 2.53. The van der Waals surface area contributed by atoms with E-state index in [2.05, 4.69) is 34.6 Å². The molecule has 0 radical (unpaired) electrons. The zero-order chi connectivity index (χ0) is 13.6. The van der Waals surface area contributed by atoms with Crippen molar-refractivity contribution in [3.63, 3.8) is 0 Å². The predicted molar refractivity (Wildman–Crippen MR) is 82.3 cm³/mol. The third-order valence-electron chi connectivity index (χ3n) is 3.35. The van der Waals surface area contributed by atoms with Gasteiger partial charge in [0.2, 0.25) is 0 Å². The Morgan fingerprint density at radius 3 is 3.10 bits per heavy atom. The molecule has 1 aliphatic heterocycles. The lowest BCUT2D eigenvalue weighted by atomic mass is 10.0. The van der Waals surface area contributed by atoms with Crippen LogP contribution in [0.4, 0.5) is 0 Å². The molecular formula is C16H18N2OS. The third kappa shape index (κ3) is 3.32. The first-order valence-corrected chi connectivity index (χ1v) is 7.90. The summed E-state index contributed by atoms with van der Waals surface area (Å²) in [6, 6.07) is 12.9. The van der Waals surface area contributed by atoms with Crippen LogP contribution in [0.25, 0.3) is 0 Å². The van der Waals surface area contributed by atoms with Gasteiger partial charge in [-0.15, -0.1) is 11.8 Å². The summed E-state index contributed by atoms with van der Waals surface area (Å²) in [4.78, 5) is 5.44. The number of nitrogens with zero attached hydrogens (tertiary/aromatic N) is 1. The highest BCUT2D eigenvalue weighted by Crippen LogP contribution is 2.35. The van der Waals surface area contributed by atoms with Crippen LogP contribution in [0.5, 0.6) is 5.75 Å². The van der Waals surface area contributed by atoms with Crippen molar-refractivity contribution in [2.24, 2.45) is 0 Å². The Kier molecular flexibility index (Phi) is 4.56. The van der Waals surface area contributed by atoms with Gasteiger partial charge in [-0.3, -0.25) is 4.98 Å².